The number of nitrogens with one attached hydrogen (secondary N) is 1. The van der Waals surface area contributed by atoms with Crippen molar-refractivity contribution in [3.63, 3.8) is 0 Å². The van der Waals surface area contributed by atoms with Gasteiger partial charge in [0.25, 0.3) is 0 Å². The molecule has 1 aliphatic heterocycles. The fourth-order valence-electron chi connectivity index (χ4n) is 3.36. The molecule has 0 aromatic heterocycles. The molecule has 0 saturated carbocycles. The Labute approximate surface area is 145 Å². The smallest absolute Gasteiger partial charge is 0.234 e. The van der Waals surface area contributed by atoms with Gasteiger partial charge in [-0.3, -0.25) is 9.69 Å². The van der Waals surface area contributed by atoms with Crippen molar-refractivity contribution in [1.29, 1.82) is 0 Å². The summed E-state index contributed by atoms with van der Waals surface area (Å²) in [6.07, 6.45) is 4.67. The lowest BCUT2D eigenvalue weighted by atomic mass is 10.0. The second-order valence-corrected chi connectivity index (χ2v) is 6.53. The molecule has 2 rings (SSSR count). The molecule has 1 amide bonds. The summed E-state index contributed by atoms with van der Waals surface area (Å²) in [6.45, 7) is 3.89. The van der Waals surface area contributed by atoms with Crippen LogP contribution in [0.2, 0.25) is 0 Å². The summed E-state index contributed by atoms with van der Waals surface area (Å²) < 4.78 is 10.3. The van der Waals surface area contributed by atoms with E-state index in [1.54, 1.807) is 14.2 Å². The van der Waals surface area contributed by atoms with Gasteiger partial charge in [-0.05, 0) is 44.0 Å². The van der Waals surface area contributed by atoms with Crippen LogP contribution in [0.4, 0.5) is 0 Å². The minimum Gasteiger partial charge on any atom is -0.497 e. The molecule has 2 atom stereocenters. The number of methoxy groups -OCH3 is 2. The second kappa shape index (κ2) is 9.64. The molecule has 134 valence electrons. The zero-order chi connectivity index (χ0) is 17.4. The van der Waals surface area contributed by atoms with Gasteiger partial charge in [0.2, 0.25) is 5.91 Å². The van der Waals surface area contributed by atoms with Crippen molar-refractivity contribution >= 4 is 5.91 Å². The Balaban J connectivity index is 2.04. The van der Waals surface area contributed by atoms with E-state index >= 15 is 0 Å². The molecule has 1 aliphatic rings. The number of hydrogen-bond acceptors (Lipinski definition) is 4. The first-order valence-corrected chi connectivity index (χ1v) is 8.80. The first kappa shape index (κ1) is 18.7. The monoisotopic (exact) mass is 334 g/mol. The minimum absolute atomic E-state index is 0.0360. The molecule has 1 aromatic rings. The van der Waals surface area contributed by atoms with Crippen LogP contribution in [0.5, 0.6) is 5.75 Å². The molecule has 5 heteroatoms. The quantitative estimate of drug-likeness (QED) is 0.833. The van der Waals surface area contributed by atoms with Crippen molar-refractivity contribution < 1.29 is 14.3 Å². The van der Waals surface area contributed by atoms with Crippen molar-refractivity contribution in [1.82, 2.24) is 10.2 Å². The Morgan fingerprint density at radius 2 is 2.00 bits per heavy atom. The van der Waals surface area contributed by atoms with Crippen LogP contribution in [0, 0.1) is 0 Å². The van der Waals surface area contributed by atoms with Crippen LogP contribution in [0.3, 0.4) is 0 Å². The Bertz CT molecular complexity index is 504. The SMILES string of the molecule is COCC(C)NC(=O)CN1CCCCCC1c1ccc(OC)cc1. The third-order valence-corrected chi connectivity index (χ3v) is 4.53. The van der Waals surface area contributed by atoms with E-state index in [0.717, 1.165) is 25.1 Å². The molecule has 0 aliphatic carbocycles. The number of amides is 1. The maximum absolute atomic E-state index is 12.4. The number of likely N-dealkylation sites (tertiary alicyclic amines) is 1. The maximum Gasteiger partial charge on any atom is 0.234 e. The minimum atomic E-state index is 0.0360. The average Bonchev–Trinajstić information content (AvgIpc) is 2.80. The Morgan fingerprint density at radius 1 is 1.25 bits per heavy atom. The summed E-state index contributed by atoms with van der Waals surface area (Å²) in [7, 11) is 3.33. The summed E-state index contributed by atoms with van der Waals surface area (Å²) in [6, 6.07) is 8.56. The zero-order valence-electron chi connectivity index (χ0n) is 15.1. The van der Waals surface area contributed by atoms with Crippen molar-refractivity contribution in [2.24, 2.45) is 0 Å². The summed E-state index contributed by atoms with van der Waals surface area (Å²) in [4.78, 5) is 14.7. The normalized spacial score (nSPS) is 20.2. The van der Waals surface area contributed by atoms with Crippen LogP contribution in [0.25, 0.3) is 0 Å². The van der Waals surface area contributed by atoms with Crippen molar-refractivity contribution in [3.8, 4) is 5.75 Å². The van der Waals surface area contributed by atoms with Crippen LogP contribution in [0.15, 0.2) is 24.3 Å². The fourth-order valence-corrected chi connectivity index (χ4v) is 3.36. The molecule has 2 unspecified atom stereocenters. The van der Waals surface area contributed by atoms with Gasteiger partial charge in [0.05, 0.1) is 20.3 Å². The van der Waals surface area contributed by atoms with Gasteiger partial charge in [0.15, 0.2) is 0 Å². The predicted octanol–water partition coefficient (Wildman–Crippen LogP) is 2.76. The van der Waals surface area contributed by atoms with Crippen molar-refractivity contribution in [2.75, 3.05) is 33.9 Å². The number of ether oxygens (including phenoxy) is 2. The number of carbonyl (C=O) groups excluding carboxylic acids is 1. The van der Waals surface area contributed by atoms with Crippen LogP contribution in [-0.2, 0) is 9.53 Å². The van der Waals surface area contributed by atoms with E-state index in [-0.39, 0.29) is 11.9 Å². The lowest BCUT2D eigenvalue weighted by Gasteiger charge is -2.30. The molecule has 1 fully saturated rings. The average molecular weight is 334 g/mol. The van der Waals surface area contributed by atoms with E-state index in [4.69, 9.17) is 9.47 Å². The zero-order valence-corrected chi connectivity index (χ0v) is 15.1. The van der Waals surface area contributed by atoms with Gasteiger partial charge in [-0.25, -0.2) is 0 Å². The van der Waals surface area contributed by atoms with Crippen LogP contribution < -0.4 is 10.1 Å². The Kier molecular flexibility index (Phi) is 7.53. The molecule has 24 heavy (non-hydrogen) atoms. The highest BCUT2D eigenvalue weighted by Gasteiger charge is 2.24. The Hall–Kier alpha value is -1.59. The van der Waals surface area contributed by atoms with E-state index in [2.05, 4.69) is 22.3 Å². The van der Waals surface area contributed by atoms with E-state index in [1.807, 2.05) is 19.1 Å². The molecule has 5 nitrogen and oxygen atoms in total. The molecule has 1 N–H and O–H groups in total. The van der Waals surface area contributed by atoms with Gasteiger partial charge in [0.1, 0.15) is 5.75 Å². The maximum atomic E-state index is 12.4. The topological polar surface area (TPSA) is 50.8 Å². The van der Waals surface area contributed by atoms with Crippen LogP contribution in [-0.4, -0.2) is 50.8 Å². The van der Waals surface area contributed by atoms with Crippen LogP contribution in [0.1, 0.15) is 44.2 Å². The first-order valence-electron chi connectivity index (χ1n) is 8.80. The predicted molar refractivity (Wildman–Crippen MR) is 95.3 cm³/mol. The third kappa shape index (κ3) is 5.49. The largest absolute Gasteiger partial charge is 0.497 e. The van der Waals surface area contributed by atoms with Gasteiger partial charge in [0, 0.05) is 19.2 Å². The van der Waals surface area contributed by atoms with E-state index in [0.29, 0.717) is 19.2 Å². The summed E-state index contributed by atoms with van der Waals surface area (Å²) >= 11 is 0. The van der Waals surface area contributed by atoms with E-state index in [9.17, 15) is 4.79 Å². The molecule has 0 spiro atoms. The van der Waals surface area contributed by atoms with Crippen molar-refractivity contribution in [3.05, 3.63) is 29.8 Å². The number of carbonyl (C=O) groups is 1. The van der Waals surface area contributed by atoms with Crippen molar-refractivity contribution in [2.45, 2.75) is 44.7 Å². The van der Waals surface area contributed by atoms with Gasteiger partial charge >= 0.3 is 0 Å². The highest BCUT2D eigenvalue weighted by Crippen LogP contribution is 2.30. The van der Waals surface area contributed by atoms with E-state index in [1.165, 1.54) is 18.4 Å². The number of rotatable bonds is 7. The summed E-state index contributed by atoms with van der Waals surface area (Å²) in [5.74, 6) is 0.935. The van der Waals surface area contributed by atoms with Gasteiger partial charge in [-0.15, -0.1) is 0 Å². The highest BCUT2D eigenvalue weighted by atomic mass is 16.5. The van der Waals surface area contributed by atoms with Gasteiger partial charge in [-0.1, -0.05) is 25.0 Å². The summed E-state index contributed by atoms with van der Waals surface area (Å²) in [5.41, 5.74) is 1.26. The lowest BCUT2D eigenvalue weighted by molar-refractivity contribution is -0.123. The van der Waals surface area contributed by atoms with Crippen LogP contribution >= 0.6 is 0 Å². The molecule has 1 aromatic carbocycles. The standard InChI is InChI=1S/C19H30N2O3/c1-15(14-23-2)20-19(22)13-21-12-6-4-5-7-18(21)16-8-10-17(24-3)11-9-16/h8-11,15,18H,4-7,12-14H2,1-3H3,(H,20,22). The molecule has 0 bridgehead atoms. The van der Waals surface area contributed by atoms with E-state index < -0.39 is 0 Å². The first-order chi connectivity index (χ1) is 11.6. The number of nitrogens with zero attached hydrogens (tertiary/aromatic N) is 1. The highest BCUT2D eigenvalue weighted by molar-refractivity contribution is 5.78. The number of hydrogen-bond donors (Lipinski definition) is 1. The molecule has 0 radical (unpaired) electrons. The summed E-state index contributed by atoms with van der Waals surface area (Å²) in [5, 5.41) is 3.01. The lowest BCUT2D eigenvalue weighted by Crippen LogP contribution is -2.43. The molecule has 1 saturated heterocycles. The number of benzene rings is 1. The van der Waals surface area contributed by atoms with Gasteiger partial charge < -0.3 is 14.8 Å². The molecular formula is C19H30N2O3. The molecule has 1 heterocycles. The van der Waals surface area contributed by atoms with Gasteiger partial charge in [-0.2, -0.15) is 0 Å². The second-order valence-electron chi connectivity index (χ2n) is 6.53. The molecular weight excluding hydrogens is 304 g/mol. The fraction of sp³-hybridized carbons (Fsp3) is 0.632. The Morgan fingerprint density at radius 3 is 2.67 bits per heavy atom. The third-order valence-electron chi connectivity index (χ3n) is 4.53.